The van der Waals surface area contributed by atoms with Gasteiger partial charge in [0.25, 0.3) is 0 Å². The first kappa shape index (κ1) is 21.4. The lowest BCUT2D eigenvalue weighted by Gasteiger charge is -2.45. The summed E-state index contributed by atoms with van der Waals surface area (Å²) in [5.74, 6) is 11.4. The van der Waals surface area contributed by atoms with Crippen molar-refractivity contribution in [2.24, 2.45) is 0 Å². The summed E-state index contributed by atoms with van der Waals surface area (Å²) in [7, 11) is 0. The largest absolute Gasteiger partial charge is 0.369 e. The molecular formula is C32H22O3. The zero-order chi connectivity index (χ0) is 23.7. The summed E-state index contributed by atoms with van der Waals surface area (Å²) < 4.78 is 12.4. The Morgan fingerprint density at radius 3 is 1.83 bits per heavy atom. The molecule has 1 fully saturated rings. The molecule has 1 atom stereocenters. The van der Waals surface area contributed by atoms with Gasteiger partial charge >= 0.3 is 0 Å². The minimum Gasteiger partial charge on any atom is -0.369 e. The number of rotatable bonds is 0. The van der Waals surface area contributed by atoms with Crippen LogP contribution in [0.3, 0.4) is 0 Å². The van der Waals surface area contributed by atoms with Crippen molar-refractivity contribution in [1.29, 1.82) is 0 Å². The molecule has 1 heterocycles. The van der Waals surface area contributed by atoms with Crippen molar-refractivity contribution in [2.75, 3.05) is 13.2 Å². The maximum absolute atomic E-state index is 12.3. The summed E-state index contributed by atoms with van der Waals surface area (Å²) in [5, 5.41) is 12.3. The van der Waals surface area contributed by atoms with Crippen LogP contribution in [0.1, 0.15) is 27.8 Å². The van der Waals surface area contributed by atoms with Gasteiger partial charge in [0.15, 0.2) is 0 Å². The van der Waals surface area contributed by atoms with Crippen molar-refractivity contribution in [3.8, 4) is 34.8 Å². The minimum atomic E-state index is -1.71. The lowest BCUT2D eigenvalue weighted by molar-refractivity contribution is -0.264. The second kappa shape index (κ2) is 8.58. The molecule has 0 aromatic heterocycles. The van der Waals surface area contributed by atoms with Gasteiger partial charge in [0, 0.05) is 27.8 Å². The first-order valence-electron chi connectivity index (χ1n) is 11.6. The highest BCUT2D eigenvalue weighted by molar-refractivity contribution is 5.77. The summed E-state index contributed by atoms with van der Waals surface area (Å²) in [5.41, 5.74) is 4.08. The van der Waals surface area contributed by atoms with Crippen molar-refractivity contribution >= 4 is 0 Å². The van der Waals surface area contributed by atoms with Crippen molar-refractivity contribution < 1.29 is 14.6 Å². The summed E-state index contributed by atoms with van der Waals surface area (Å²) in [4.78, 5) is 0. The summed E-state index contributed by atoms with van der Waals surface area (Å²) in [6, 6.07) is 33.2. The molecule has 4 aromatic rings. The van der Waals surface area contributed by atoms with Gasteiger partial charge in [-0.05, 0) is 35.4 Å². The van der Waals surface area contributed by atoms with Gasteiger partial charge in [-0.3, -0.25) is 0 Å². The molecule has 1 spiro atoms. The van der Waals surface area contributed by atoms with E-state index in [0.717, 1.165) is 33.4 Å². The molecule has 1 aliphatic heterocycles. The molecular weight excluding hydrogens is 432 g/mol. The van der Waals surface area contributed by atoms with Crippen LogP contribution in [-0.4, -0.2) is 18.3 Å². The molecule has 3 heteroatoms. The Morgan fingerprint density at radius 1 is 0.571 bits per heavy atom. The Balaban J connectivity index is 1.51. The van der Waals surface area contributed by atoms with Crippen LogP contribution in [0.25, 0.3) is 11.1 Å². The number of benzene rings is 4. The molecule has 1 unspecified atom stereocenters. The quantitative estimate of drug-likeness (QED) is 0.371. The minimum absolute atomic E-state index is 0.375. The van der Waals surface area contributed by atoms with Gasteiger partial charge in [-0.15, -0.1) is 0 Å². The fourth-order valence-electron chi connectivity index (χ4n) is 4.86. The summed E-state index contributed by atoms with van der Waals surface area (Å²) in [6.45, 7) is 0.749. The van der Waals surface area contributed by atoms with E-state index in [1.165, 1.54) is 0 Å². The van der Waals surface area contributed by atoms with E-state index in [4.69, 9.17) is 9.47 Å². The van der Waals surface area contributed by atoms with E-state index in [0.29, 0.717) is 18.8 Å². The molecule has 1 N–H and O–H groups in total. The van der Waals surface area contributed by atoms with Crippen LogP contribution in [0.5, 0.6) is 0 Å². The second-order valence-electron chi connectivity index (χ2n) is 8.53. The average Bonchev–Trinajstić information content (AvgIpc) is 3.42. The van der Waals surface area contributed by atoms with E-state index in [1.54, 1.807) is 0 Å². The number of hydrogen-bond donors (Lipinski definition) is 1. The van der Waals surface area contributed by atoms with Crippen LogP contribution in [0.15, 0.2) is 103 Å². The normalized spacial score (nSPS) is 19.0. The lowest BCUT2D eigenvalue weighted by atomic mass is 9.71. The van der Waals surface area contributed by atoms with Crippen LogP contribution in [0.2, 0.25) is 0 Å². The van der Waals surface area contributed by atoms with E-state index in [2.05, 4.69) is 23.7 Å². The van der Waals surface area contributed by atoms with Gasteiger partial charge in [-0.25, -0.2) is 0 Å². The van der Waals surface area contributed by atoms with Gasteiger partial charge in [-0.1, -0.05) is 103 Å². The second-order valence-corrected chi connectivity index (χ2v) is 8.53. The van der Waals surface area contributed by atoms with Crippen molar-refractivity contribution in [1.82, 2.24) is 0 Å². The van der Waals surface area contributed by atoms with Crippen molar-refractivity contribution in [3.63, 3.8) is 0 Å². The molecule has 168 valence electrons. The van der Waals surface area contributed by atoms with Crippen LogP contribution >= 0.6 is 0 Å². The predicted octanol–water partition coefficient (Wildman–Crippen LogP) is 5.21. The van der Waals surface area contributed by atoms with Crippen LogP contribution in [0, 0.1) is 23.7 Å². The fourth-order valence-corrected chi connectivity index (χ4v) is 4.86. The van der Waals surface area contributed by atoms with E-state index in [1.807, 2.05) is 103 Å². The summed E-state index contributed by atoms with van der Waals surface area (Å²) in [6.07, 6.45) is 0. The molecule has 0 bridgehead atoms. The van der Waals surface area contributed by atoms with Crippen LogP contribution in [-0.2, 0) is 20.9 Å². The van der Waals surface area contributed by atoms with Gasteiger partial charge in [-0.2, -0.15) is 0 Å². The van der Waals surface area contributed by atoms with E-state index >= 15 is 0 Å². The van der Waals surface area contributed by atoms with Crippen molar-refractivity contribution in [2.45, 2.75) is 11.4 Å². The average molecular weight is 455 g/mol. The molecule has 0 saturated carbocycles. The Labute approximate surface area is 205 Å². The SMILES string of the molecule is OC1(C#Cc2ccccc2C#Cc2ccccc2)c2ccccc2-c2ccccc2C12OCCO2. The molecule has 1 aliphatic carbocycles. The Bertz CT molecular complexity index is 1530. The smallest absolute Gasteiger partial charge is 0.242 e. The van der Waals surface area contributed by atoms with E-state index in [-0.39, 0.29) is 0 Å². The zero-order valence-corrected chi connectivity index (χ0v) is 19.0. The van der Waals surface area contributed by atoms with Gasteiger partial charge in [0.05, 0.1) is 13.2 Å². The highest BCUT2D eigenvalue weighted by Gasteiger charge is 2.61. The highest BCUT2D eigenvalue weighted by Crippen LogP contribution is 2.55. The first-order valence-corrected chi connectivity index (χ1v) is 11.6. The maximum atomic E-state index is 12.3. The monoisotopic (exact) mass is 454 g/mol. The standard InChI is InChI=1S/C32H22O3/c33-31(21-20-26-13-5-4-12-25(26)19-18-24-10-2-1-3-11-24)29-16-8-6-14-27(29)28-15-7-9-17-30(28)32(31)34-22-23-35-32/h1-17,33H,22-23H2. The van der Waals surface area contributed by atoms with E-state index < -0.39 is 11.4 Å². The van der Waals surface area contributed by atoms with Crippen molar-refractivity contribution in [3.05, 3.63) is 131 Å². The molecule has 0 radical (unpaired) electrons. The first-order chi connectivity index (χ1) is 17.2. The third-order valence-electron chi connectivity index (χ3n) is 6.48. The summed E-state index contributed by atoms with van der Waals surface area (Å²) >= 11 is 0. The third-order valence-corrected chi connectivity index (χ3v) is 6.48. The number of aliphatic hydroxyl groups is 1. The van der Waals surface area contributed by atoms with Crippen LogP contribution < -0.4 is 0 Å². The molecule has 2 aliphatic rings. The number of ether oxygens (including phenoxy) is 2. The third kappa shape index (κ3) is 3.46. The number of fused-ring (bicyclic) bond motifs is 4. The van der Waals surface area contributed by atoms with E-state index in [9.17, 15) is 5.11 Å². The molecule has 35 heavy (non-hydrogen) atoms. The predicted molar refractivity (Wildman–Crippen MR) is 135 cm³/mol. The molecule has 3 nitrogen and oxygen atoms in total. The lowest BCUT2D eigenvalue weighted by Crippen LogP contribution is -2.52. The Kier molecular flexibility index (Phi) is 5.25. The molecule has 0 amide bonds. The Morgan fingerprint density at radius 2 is 1.11 bits per heavy atom. The van der Waals surface area contributed by atoms with Gasteiger partial charge in [0.2, 0.25) is 11.4 Å². The highest BCUT2D eigenvalue weighted by atomic mass is 16.7. The fraction of sp³-hybridized carbons (Fsp3) is 0.125. The molecule has 6 rings (SSSR count). The topological polar surface area (TPSA) is 38.7 Å². The Hall–Kier alpha value is -4.12. The number of hydrogen-bond acceptors (Lipinski definition) is 3. The maximum Gasteiger partial charge on any atom is 0.242 e. The molecule has 4 aromatic carbocycles. The zero-order valence-electron chi connectivity index (χ0n) is 19.0. The molecule has 1 saturated heterocycles. The van der Waals surface area contributed by atoms with Gasteiger partial charge in [0.1, 0.15) is 0 Å². The van der Waals surface area contributed by atoms with Gasteiger partial charge < -0.3 is 14.6 Å². The van der Waals surface area contributed by atoms with Crippen LogP contribution in [0.4, 0.5) is 0 Å².